The molecule has 1 amide bonds. The van der Waals surface area contributed by atoms with Crippen molar-refractivity contribution in [3.8, 4) is 5.75 Å². The van der Waals surface area contributed by atoms with Gasteiger partial charge in [-0.1, -0.05) is 36.4 Å². The van der Waals surface area contributed by atoms with E-state index in [0.717, 1.165) is 54.9 Å². The SMILES string of the molecule is CC(=O)NC1(c2ccc(F)cc2)CCN(Cc2ccccc2OCc2cccnc2)CC1. The molecule has 166 valence electrons. The number of pyridine rings is 1. The van der Waals surface area contributed by atoms with Crippen LogP contribution >= 0.6 is 0 Å². The van der Waals surface area contributed by atoms with Gasteiger partial charge in [0, 0.05) is 50.1 Å². The van der Waals surface area contributed by atoms with Crippen molar-refractivity contribution in [2.45, 2.75) is 38.5 Å². The number of carbonyl (C=O) groups excluding carboxylic acids is 1. The van der Waals surface area contributed by atoms with E-state index in [4.69, 9.17) is 4.74 Å². The summed E-state index contributed by atoms with van der Waals surface area (Å²) < 4.78 is 19.5. The molecule has 0 aliphatic carbocycles. The number of carbonyl (C=O) groups is 1. The lowest BCUT2D eigenvalue weighted by molar-refractivity contribution is -0.121. The van der Waals surface area contributed by atoms with Crippen LogP contribution in [0.25, 0.3) is 0 Å². The maximum absolute atomic E-state index is 13.4. The second kappa shape index (κ2) is 9.92. The largest absolute Gasteiger partial charge is 0.489 e. The number of hydrogen-bond acceptors (Lipinski definition) is 4. The molecule has 1 aromatic heterocycles. The molecule has 1 saturated heterocycles. The van der Waals surface area contributed by atoms with Crippen molar-refractivity contribution in [3.05, 3.63) is 95.6 Å². The number of nitrogens with one attached hydrogen (secondary N) is 1. The highest BCUT2D eigenvalue weighted by Gasteiger charge is 2.37. The first-order valence-electron chi connectivity index (χ1n) is 10.9. The fourth-order valence-electron chi connectivity index (χ4n) is 4.35. The van der Waals surface area contributed by atoms with E-state index in [-0.39, 0.29) is 11.7 Å². The smallest absolute Gasteiger partial charge is 0.217 e. The Morgan fingerprint density at radius 3 is 2.53 bits per heavy atom. The van der Waals surface area contributed by atoms with E-state index < -0.39 is 5.54 Å². The Hall–Kier alpha value is -3.25. The van der Waals surface area contributed by atoms with Crippen molar-refractivity contribution >= 4 is 5.91 Å². The third-order valence-electron chi connectivity index (χ3n) is 6.01. The van der Waals surface area contributed by atoms with Crippen LogP contribution in [-0.4, -0.2) is 28.9 Å². The number of aromatic nitrogens is 1. The van der Waals surface area contributed by atoms with Crippen molar-refractivity contribution in [2.75, 3.05) is 13.1 Å². The van der Waals surface area contributed by atoms with Gasteiger partial charge in [-0.25, -0.2) is 4.39 Å². The highest BCUT2D eigenvalue weighted by molar-refractivity contribution is 5.74. The van der Waals surface area contributed by atoms with Crippen LogP contribution in [0.1, 0.15) is 36.5 Å². The molecule has 0 saturated carbocycles. The standard InChI is InChI=1S/C26H28FN3O2/c1-20(31)29-26(23-8-10-24(27)11-9-23)12-15-30(16-13-26)18-22-6-2-3-7-25(22)32-19-21-5-4-14-28-17-21/h2-11,14,17H,12-13,15-16,18-19H2,1H3,(H,29,31). The van der Waals surface area contributed by atoms with E-state index in [1.165, 1.54) is 19.1 Å². The first-order valence-corrected chi connectivity index (χ1v) is 10.9. The predicted octanol–water partition coefficient (Wildman–Crippen LogP) is 4.43. The van der Waals surface area contributed by atoms with Crippen molar-refractivity contribution in [2.24, 2.45) is 0 Å². The zero-order chi connectivity index (χ0) is 22.4. The minimum Gasteiger partial charge on any atom is -0.489 e. The molecule has 1 aliphatic rings. The average molecular weight is 434 g/mol. The lowest BCUT2D eigenvalue weighted by Crippen LogP contribution is -2.52. The van der Waals surface area contributed by atoms with Gasteiger partial charge in [0.25, 0.3) is 0 Å². The Bertz CT molecular complexity index is 1030. The summed E-state index contributed by atoms with van der Waals surface area (Å²) in [7, 11) is 0. The number of piperidine rings is 1. The van der Waals surface area contributed by atoms with E-state index in [9.17, 15) is 9.18 Å². The molecule has 4 rings (SSSR count). The number of para-hydroxylation sites is 1. The van der Waals surface area contributed by atoms with Gasteiger partial charge in [-0.2, -0.15) is 0 Å². The van der Waals surface area contributed by atoms with Crippen molar-refractivity contribution in [1.29, 1.82) is 0 Å². The Balaban J connectivity index is 1.43. The number of benzene rings is 2. The second-order valence-corrected chi connectivity index (χ2v) is 8.30. The summed E-state index contributed by atoms with van der Waals surface area (Å²) in [6, 6.07) is 18.5. The summed E-state index contributed by atoms with van der Waals surface area (Å²) in [4.78, 5) is 18.5. The summed E-state index contributed by atoms with van der Waals surface area (Å²) in [6.07, 6.45) is 5.08. The van der Waals surface area contributed by atoms with Gasteiger partial charge in [-0.3, -0.25) is 14.7 Å². The quantitative estimate of drug-likeness (QED) is 0.599. The molecule has 0 spiro atoms. The predicted molar refractivity (Wildman–Crippen MR) is 121 cm³/mol. The lowest BCUT2D eigenvalue weighted by atomic mass is 9.80. The molecule has 6 heteroatoms. The molecular weight excluding hydrogens is 405 g/mol. The molecule has 1 N–H and O–H groups in total. The molecule has 2 aromatic carbocycles. The first-order chi connectivity index (χ1) is 15.5. The van der Waals surface area contributed by atoms with E-state index in [0.29, 0.717) is 6.61 Å². The molecular formula is C26H28FN3O2. The van der Waals surface area contributed by atoms with Crippen LogP contribution < -0.4 is 10.1 Å². The van der Waals surface area contributed by atoms with Gasteiger partial charge < -0.3 is 10.1 Å². The Morgan fingerprint density at radius 2 is 1.84 bits per heavy atom. The van der Waals surface area contributed by atoms with Crippen LogP contribution in [0, 0.1) is 5.82 Å². The molecule has 0 radical (unpaired) electrons. The highest BCUT2D eigenvalue weighted by Crippen LogP contribution is 2.34. The Morgan fingerprint density at radius 1 is 1.09 bits per heavy atom. The molecule has 32 heavy (non-hydrogen) atoms. The van der Waals surface area contributed by atoms with Crippen LogP contribution in [-0.2, 0) is 23.5 Å². The highest BCUT2D eigenvalue weighted by atomic mass is 19.1. The number of hydrogen-bond donors (Lipinski definition) is 1. The van der Waals surface area contributed by atoms with E-state index in [1.807, 2.05) is 36.5 Å². The summed E-state index contributed by atoms with van der Waals surface area (Å²) >= 11 is 0. The third kappa shape index (κ3) is 5.32. The van der Waals surface area contributed by atoms with Gasteiger partial charge in [0.05, 0.1) is 5.54 Å². The number of nitrogens with zero attached hydrogens (tertiary/aromatic N) is 2. The molecule has 2 heterocycles. The number of ether oxygens (including phenoxy) is 1. The average Bonchev–Trinajstić information content (AvgIpc) is 2.81. The minimum atomic E-state index is -0.466. The number of amides is 1. The molecule has 1 aliphatic heterocycles. The molecule has 5 nitrogen and oxygen atoms in total. The normalized spacial score (nSPS) is 15.8. The summed E-state index contributed by atoms with van der Waals surface area (Å²) in [5.41, 5.74) is 2.64. The number of rotatable bonds is 7. The van der Waals surface area contributed by atoms with E-state index in [1.54, 1.807) is 18.3 Å². The number of likely N-dealkylation sites (tertiary alicyclic amines) is 1. The topological polar surface area (TPSA) is 54.5 Å². The summed E-state index contributed by atoms with van der Waals surface area (Å²) in [5, 5.41) is 3.15. The fraction of sp³-hybridized carbons (Fsp3) is 0.308. The van der Waals surface area contributed by atoms with E-state index in [2.05, 4.69) is 21.3 Å². The van der Waals surface area contributed by atoms with Crippen LogP contribution in [0.2, 0.25) is 0 Å². The van der Waals surface area contributed by atoms with Crippen molar-refractivity contribution in [3.63, 3.8) is 0 Å². The molecule has 0 bridgehead atoms. The Kier molecular flexibility index (Phi) is 6.81. The van der Waals surface area contributed by atoms with Gasteiger partial charge in [0.15, 0.2) is 0 Å². The molecule has 1 fully saturated rings. The first kappa shape index (κ1) is 22.0. The maximum atomic E-state index is 13.4. The van der Waals surface area contributed by atoms with Crippen LogP contribution in [0.4, 0.5) is 4.39 Å². The molecule has 3 aromatic rings. The zero-order valence-corrected chi connectivity index (χ0v) is 18.3. The zero-order valence-electron chi connectivity index (χ0n) is 18.3. The van der Waals surface area contributed by atoms with Gasteiger partial charge in [-0.05, 0) is 42.7 Å². The van der Waals surface area contributed by atoms with Gasteiger partial charge in [0.2, 0.25) is 5.91 Å². The lowest BCUT2D eigenvalue weighted by Gasteiger charge is -2.42. The fourth-order valence-corrected chi connectivity index (χ4v) is 4.35. The second-order valence-electron chi connectivity index (χ2n) is 8.30. The third-order valence-corrected chi connectivity index (χ3v) is 6.01. The monoisotopic (exact) mass is 433 g/mol. The summed E-state index contributed by atoms with van der Waals surface area (Å²) in [6.45, 7) is 4.40. The van der Waals surface area contributed by atoms with Crippen LogP contribution in [0.15, 0.2) is 73.1 Å². The van der Waals surface area contributed by atoms with Crippen molar-refractivity contribution < 1.29 is 13.9 Å². The molecule has 0 atom stereocenters. The van der Waals surface area contributed by atoms with Gasteiger partial charge in [-0.15, -0.1) is 0 Å². The maximum Gasteiger partial charge on any atom is 0.217 e. The summed E-state index contributed by atoms with van der Waals surface area (Å²) in [5.74, 6) is 0.526. The molecule has 0 unspecified atom stereocenters. The Labute approximate surface area is 188 Å². The van der Waals surface area contributed by atoms with Crippen LogP contribution in [0.5, 0.6) is 5.75 Å². The van der Waals surface area contributed by atoms with E-state index >= 15 is 0 Å². The minimum absolute atomic E-state index is 0.0723. The van der Waals surface area contributed by atoms with Crippen molar-refractivity contribution in [1.82, 2.24) is 15.2 Å². The van der Waals surface area contributed by atoms with Gasteiger partial charge >= 0.3 is 0 Å². The number of halogens is 1. The van der Waals surface area contributed by atoms with Gasteiger partial charge in [0.1, 0.15) is 18.2 Å². The van der Waals surface area contributed by atoms with Crippen LogP contribution in [0.3, 0.4) is 0 Å².